The largest absolute Gasteiger partial charge is 0.393 e. The van der Waals surface area contributed by atoms with Gasteiger partial charge in [0.05, 0.1) is 6.10 Å². The molecule has 0 spiro atoms. The molecule has 3 saturated carbocycles. The van der Waals surface area contributed by atoms with E-state index in [-0.39, 0.29) is 12.0 Å². The maximum Gasteiger partial charge on any atom is 0.136 e. The Morgan fingerprint density at radius 3 is 2.91 bits per heavy atom. The maximum atomic E-state index is 11.3. The molecular formula is C9H12O2. The minimum absolute atomic E-state index is 0.171. The first kappa shape index (κ1) is 6.18. The lowest BCUT2D eigenvalue weighted by atomic mass is 9.84. The van der Waals surface area contributed by atoms with E-state index in [9.17, 15) is 9.90 Å². The van der Waals surface area contributed by atoms with Crippen LogP contribution in [0.2, 0.25) is 0 Å². The Balaban J connectivity index is 1.90. The molecule has 0 saturated heterocycles. The minimum atomic E-state index is -0.171. The van der Waals surface area contributed by atoms with Crippen molar-refractivity contribution in [3.63, 3.8) is 0 Å². The molecule has 0 bridgehead atoms. The molecule has 0 amide bonds. The van der Waals surface area contributed by atoms with Crippen LogP contribution in [-0.4, -0.2) is 17.0 Å². The molecule has 11 heavy (non-hydrogen) atoms. The molecule has 3 fully saturated rings. The van der Waals surface area contributed by atoms with E-state index < -0.39 is 0 Å². The highest BCUT2D eigenvalue weighted by molar-refractivity contribution is 5.86. The molecule has 60 valence electrons. The number of rotatable bonds is 0. The van der Waals surface area contributed by atoms with Gasteiger partial charge in [-0.1, -0.05) is 0 Å². The van der Waals surface area contributed by atoms with Crippen molar-refractivity contribution in [1.29, 1.82) is 0 Å². The molecule has 3 aliphatic carbocycles. The summed E-state index contributed by atoms with van der Waals surface area (Å²) in [5, 5.41) is 9.39. The summed E-state index contributed by atoms with van der Waals surface area (Å²) in [7, 11) is 0. The van der Waals surface area contributed by atoms with Crippen LogP contribution in [0.25, 0.3) is 0 Å². The number of fused-ring (bicyclic) bond motifs is 1. The predicted octanol–water partition coefficient (Wildman–Crippen LogP) is 0.592. The third kappa shape index (κ3) is 0.639. The van der Waals surface area contributed by atoms with Crippen LogP contribution in [0.4, 0.5) is 0 Å². The van der Waals surface area contributed by atoms with Crippen molar-refractivity contribution < 1.29 is 9.90 Å². The van der Waals surface area contributed by atoms with Crippen LogP contribution in [0.5, 0.6) is 0 Å². The summed E-state index contributed by atoms with van der Waals surface area (Å²) >= 11 is 0. The first-order chi connectivity index (χ1) is 5.27. The van der Waals surface area contributed by atoms with Crippen molar-refractivity contribution >= 4 is 5.78 Å². The van der Waals surface area contributed by atoms with Crippen molar-refractivity contribution in [2.45, 2.75) is 25.4 Å². The molecule has 0 aromatic carbocycles. The fraction of sp³-hybridized carbons (Fsp3) is 0.889. The van der Waals surface area contributed by atoms with E-state index in [0.717, 1.165) is 25.2 Å². The number of aliphatic hydroxyl groups excluding tert-OH is 1. The van der Waals surface area contributed by atoms with Gasteiger partial charge < -0.3 is 5.11 Å². The van der Waals surface area contributed by atoms with Gasteiger partial charge in [-0.15, -0.1) is 0 Å². The van der Waals surface area contributed by atoms with E-state index >= 15 is 0 Å². The highest BCUT2D eigenvalue weighted by Crippen LogP contribution is 2.64. The third-order valence-corrected chi connectivity index (χ3v) is 3.78. The molecule has 0 heterocycles. The Morgan fingerprint density at radius 1 is 1.27 bits per heavy atom. The number of carbonyl (C=O) groups excluding carboxylic acids is 1. The molecule has 2 heteroatoms. The molecule has 3 rings (SSSR count). The molecular weight excluding hydrogens is 140 g/mol. The highest BCUT2D eigenvalue weighted by Gasteiger charge is 2.63. The molecule has 0 aliphatic heterocycles. The van der Waals surface area contributed by atoms with Crippen molar-refractivity contribution in [2.75, 3.05) is 0 Å². The van der Waals surface area contributed by atoms with Crippen molar-refractivity contribution in [2.24, 2.45) is 23.7 Å². The summed E-state index contributed by atoms with van der Waals surface area (Å²) in [6.45, 7) is 0. The number of hydrogen-bond donors (Lipinski definition) is 1. The molecule has 0 aromatic heterocycles. The van der Waals surface area contributed by atoms with Gasteiger partial charge in [0.1, 0.15) is 5.78 Å². The monoisotopic (exact) mass is 152 g/mol. The first-order valence-electron chi connectivity index (χ1n) is 4.48. The van der Waals surface area contributed by atoms with Gasteiger partial charge in [-0.05, 0) is 30.6 Å². The topological polar surface area (TPSA) is 37.3 Å². The Hall–Kier alpha value is -0.370. The Labute approximate surface area is 65.6 Å². The molecule has 0 aromatic rings. The van der Waals surface area contributed by atoms with Crippen molar-refractivity contribution in [1.82, 2.24) is 0 Å². The smallest absolute Gasteiger partial charge is 0.136 e. The van der Waals surface area contributed by atoms with Crippen LogP contribution in [0.1, 0.15) is 19.3 Å². The van der Waals surface area contributed by atoms with E-state index in [4.69, 9.17) is 0 Å². The lowest BCUT2D eigenvalue weighted by molar-refractivity contribution is -0.124. The summed E-state index contributed by atoms with van der Waals surface area (Å²) in [5.41, 5.74) is 0. The average molecular weight is 152 g/mol. The highest BCUT2D eigenvalue weighted by atomic mass is 16.3. The Bertz CT molecular complexity index is 224. The fourth-order valence-corrected chi connectivity index (χ4v) is 3.28. The second-order valence-corrected chi connectivity index (χ2v) is 4.31. The van der Waals surface area contributed by atoms with Gasteiger partial charge in [0.15, 0.2) is 0 Å². The quantitative estimate of drug-likeness (QED) is 0.551. The zero-order chi connectivity index (χ0) is 7.59. The maximum absolute atomic E-state index is 11.3. The molecule has 3 aliphatic rings. The second kappa shape index (κ2) is 1.69. The van der Waals surface area contributed by atoms with Crippen LogP contribution >= 0.6 is 0 Å². The SMILES string of the molecule is O=C1CC2C3C[C@@H](O)C[C@@H]1[C@@H]23. The van der Waals surface area contributed by atoms with Crippen LogP contribution < -0.4 is 0 Å². The first-order valence-corrected chi connectivity index (χ1v) is 4.48. The van der Waals surface area contributed by atoms with E-state index in [1.165, 1.54) is 0 Å². The van der Waals surface area contributed by atoms with Crippen LogP contribution in [0.3, 0.4) is 0 Å². The van der Waals surface area contributed by atoms with E-state index in [0.29, 0.717) is 17.6 Å². The molecule has 1 N–H and O–H groups in total. The zero-order valence-electron chi connectivity index (χ0n) is 6.36. The lowest BCUT2D eigenvalue weighted by Crippen LogP contribution is -2.27. The molecule has 5 atom stereocenters. The summed E-state index contributed by atoms with van der Waals surface area (Å²) in [6, 6.07) is 0. The summed E-state index contributed by atoms with van der Waals surface area (Å²) in [5.74, 6) is 2.79. The average Bonchev–Trinajstić information content (AvgIpc) is 2.49. The predicted molar refractivity (Wildman–Crippen MR) is 38.8 cm³/mol. The number of aliphatic hydroxyl groups is 1. The standard InChI is InChI=1S/C9H12O2/c10-4-1-5-6-3-8(11)7(2-4)9(5)6/h4-7,9-10H,1-3H2/t4-,5?,6?,7+,9-/m1/s1. The van der Waals surface area contributed by atoms with Gasteiger partial charge in [-0.3, -0.25) is 4.79 Å². The van der Waals surface area contributed by atoms with E-state index in [2.05, 4.69) is 0 Å². The number of carbonyl (C=O) groups is 1. The van der Waals surface area contributed by atoms with Gasteiger partial charge in [-0.2, -0.15) is 0 Å². The summed E-state index contributed by atoms with van der Waals surface area (Å²) in [6.07, 6.45) is 2.39. The fourth-order valence-electron chi connectivity index (χ4n) is 3.28. The second-order valence-electron chi connectivity index (χ2n) is 4.31. The molecule has 2 unspecified atom stereocenters. The summed E-state index contributed by atoms with van der Waals surface area (Å²) in [4.78, 5) is 11.3. The normalized spacial score (nSPS) is 59.4. The lowest BCUT2D eigenvalue weighted by Gasteiger charge is -2.23. The van der Waals surface area contributed by atoms with E-state index in [1.807, 2.05) is 0 Å². The Morgan fingerprint density at radius 2 is 2.09 bits per heavy atom. The van der Waals surface area contributed by atoms with Gasteiger partial charge in [-0.25, -0.2) is 0 Å². The molecule has 2 nitrogen and oxygen atoms in total. The third-order valence-electron chi connectivity index (χ3n) is 3.78. The zero-order valence-corrected chi connectivity index (χ0v) is 6.36. The van der Waals surface area contributed by atoms with Gasteiger partial charge in [0, 0.05) is 12.3 Å². The van der Waals surface area contributed by atoms with Crippen LogP contribution in [0.15, 0.2) is 0 Å². The molecule has 0 radical (unpaired) electrons. The van der Waals surface area contributed by atoms with Crippen molar-refractivity contribution in [3.8, 4) is 0 Å². The number of Topliss-reactive ketones (excluding diaryl/α,β-unsaturated/α-hetero) is 1. The van der Waals surface area contributed by atoms with Gasteiger partial charge in [0.25, 0.3) is 0 Å². The number of ketones is 1. The van der Waals surface area contributed by atoms with Crippen molar-refractivity contribution in [3.05, 3.63) is 0 Å². The van der Waals surface area contributed by atoms with Gasteiger partial charge >= 0.3 is 0 Å². The van der Waals surface area contributed by atoms with E-state index in [1.54, 1.807) is 0 Å². The summed E-state index contributed by atoms with van der Waals surface area (Å²) < 4.78 is 0. The Kier molecular flexibility index (Phi) is 0.947. The van der Waals surface area contributed by atoms with Gasteiger partial charge in [0.2, 0.25) is 0 Å². The number of hydrogen-bond acceptors (Lipinski definition) is 2. The van der Waals surface area contributed by atoms with Crippen LogP contribution in [-0.2, 0) is 4.79 Å². The minimum Gasteiger partial charge on any atom is -0.393 e. The van der Waals surface area contributed by atoms with Crippen LogP contribution in [0, 0.1) is 23.7 Å².